The van der Waals surface area contributed by atoms with E-state index in [9.17, 15) is 29.7 Å². The number of aromatic carboxylic acids is 2. The molecule has 6 N–H and O–H groups in total. The molecule has 0 atom stereocenters. The molecule has 0 fully saturated rings. The number of aromatic amines is 1. The first-order chi connectivity index (χ1) is 10.8. The molecule has 0 spiro atoms. The first-order valence-electron chi connectivity index (χ1n) is 6.17. The first-order valence-corrected chi connectivity index (χ1v) is 6.17. The van der Waals surface area contributed by atoms with Gasteiger partial charge in [-0.1, -0.05) is 6.07 Å². The maximum absolute atomic E-state index is 11.9. The molecular weight excluding hydrogens is 308 g/mol. The van der Waals surface area contributed by atoms with Crippen molar-refractivity contribution in [1.82, 2.24) is 4.98 Å². The number of anilines is 1. The van der Waals surface area contributed by atoms with Crippen LogP contribution in [-0.4, -0.2) is 39.4 Å². The molecule has 1 heterocycles. The van der Waals surface area contributed by atoms with Gasteiger partial charge in [0, 0.05) is 5.56 Å². The van der Waals surface area contributed by atoms with Gasteiger partial charge in [0.2, 0.25) is 0 Å². The molecule has 120 valence electrons. The van der Waals surface area contributed by atoms with Crippen LogP contribution in [-0.2, 0) is 0 Å². The summed E-state index contributed by atoms with van der Waals surface area (Å²) in [6, 6.07) is 3.65. The fourth-order valence-corrected chi connectivity index (χ4v) is 2.17. The average molecular weight is 320 g/mol. The number of aromatic hydroxyl groups is 1. The molecule has 0 aliphatic rings. The standard InChI is InChI=1S/C14H12N2O7/c1-23-7-4-5(2-3-6(7)17)8-9(13(19)20)11(15)16-12(18)10(8)14(21)22/h2-4,17H,1H3,(H,19,20)(H,21,22)(H3,15,16,18). The number of benzene rings is 1. The highest BCUT2D eigenvalue weighted by atomic mass is 16.5. The van der Waals surface area contributed by atoms with Crippen LogP contribution in [0, 0.1) is 0 Å². The van der Waals surface area contributed by atoms with E-state index < -0.39 is 34.4 Å². The van der Waals surface area contributed by atoms with E-state index >= 15 is 0 Å². The Bertz CT molecular complexity index is 870. The van der Waals surface area contributed by atoms with Crippen molar-refractivity contribution < 1.29 is 29.6 Å². The lowest BCUT2D eigenvalue weighted by Crippen LogP contribution is -2.24. The highest BCUT2D eigenvalue weighted by molar-refractivity contribution is 6.07. The number of hydrogen-bond donors (Lipinski definition) is 5. The summed E-state index contributed by atoms with van der Waals surface area (Å²) < 4.78 is 4.91. The summed E-state index contributed by atoms with van der Waals surface area (Å²) in [6.45, 7) is 0. The van der Waals surface area contributed by atoms with E-state index in [0.29, 0.717) is 0 Å². The third kappa shape index (κ3) is 2.67. The molecule has 2 aromatic rings. The van der Waals surface area contributed by atoms with Crippen LogP contribution in [0.1, 0.15) is 20.7 Å². The van der Waals surface area contributed by atoms with Crippen LogP contribution >= 0.6 is 0 Å². The maximum atomic E-state index is 11.9. The zero-order valence-electron chi connectivity index (χ0n) is 11.8. The number of nitrogens with one attached hydrogen (secondary N) is 1. The fraction of sp³-hybridized carbons (Fsp3) is 0.0714. The van der Waals surface area contributed by atoms with Crippen molar-refractivity contribution in [2.75, 3.05) is 12.8 Å². The molecule has 23 heavy (non-hydrogen) atoms. The number of phenolic OH excluding ortho intramolecular Hbond substituents is 1. The molecule has 9 heteroatoms. The summed E-state index contributed by atoms with van der Waals surface area (Å²) in [5.74, 6) is -3.86. The lowest BCUT2D eigenvalue weighted by Gasteiger charge is -2.13. The van der Waals surface area contributed by atoms with Crippen molar-refractivity contribution in [3.63, 3.8) is 0 Å². The topological polar surface area (TPSA) is 163 Å². The SMILES string of the molecule is COc1cc(-c2c(C(=O)O)c(N)[nH]c(=O)c2C(=O)O)ccc1O. The second kappa shape index (κ2) is 5.72. The maximum Gasteiger partial charge on any atom is 0.342 e. The molecule has 0 unspecified atom stereocenters. The van der Waals surface area contributed by atoms with E-state index in [1.165, 1.54) is 25.3 Å². The zero-order valence-corrected chi connectivity index (χ0v) is 11.8. The van der Waals surface area contributed by atoms with E-state index in [1.54, 1.807) is 0 Å². The van der Waals surface area contributed by atoms with Crippen molar-refractivity contribution in [3.05, 3.63) is 39.7 Å². The number of nitrogen functional groups attached to an aromatic ring is 1. The van der Waals surface area contributed by atoms with Gasteiger partial charge in [0.15, 0.2) is 11.5 Å². The second-order valence-electron chi connectivity index (χ2n) is 4.49. The number of pyridine rings is 1. The van der Waals surface area contributed by atoms with E-state index in [0.717, 1.165) is 0 Å². The van der Waals surface area contributed by atoms with Crippen molar-refractivity contribution in [2.45, 2.75) is 0 Å². The van der Waals surface area contributed by atoms with E-state index in [-0.39, 0.29) is 22.6 Å². The fourth-order valence-electron chi connectivity index (χ4n) is 2.17. The largest absolute Gasteiger partial charge is 0.504 e. The summed E-state index contributed by atoms with van der Waals surface area (Å²) in [6.07, 6.45) is 0. The number of carboxylic acids is 2. The number of carboxylic acid groups (broad SMARTS) is 2. The molecule has 0 saturated heterocycles. The Morgan fingerprint density at radius 3 is 2.30 bits per heavy atom. The number of methoxy groups -OCH3 is 1. The molecule has 2 rings (SSSR count). The van der Waals surface area contributed by atoms with Crippen molar-refractivity contribution in [3.8, 4) is 22.6 Å². The number of nitrogens with two attached hydrogens (primary N) is 1. The minimum Gasteiger partial charge on any atom is -0.504 e. The average Bonchev–Trinajstić information content (AvgIpc) is 2.45. The minimum absolute atomic E-state index is 0.0194. The van der Waals surface area contributed by atoms with Crippen molar-refractivity contribution in [1.29, 1.82) is 0 Å². The van der Waals surface area contributed by atoms with Gasteiger partial charge in [-0.2, -0.15) is 0 Å². The normalized spacial score (nSPS) is 10.3. The van der Waals surface area contributed by atoms with Crippen LogP contribution in [0.4, 0.5) is 5.82 Å². The Morgan fingerprint density at radius 2 is 1.78 bits per heavy atom. The van der Waals surface area contributed by atoms with Crippen molar-refractivity contribution in [2.24, 2.45) is 0 Å². The number of H-pyrrole nitrogens is 1. The molecule has 0 radical (unpaired) electrons. The van der Waals surface area contributed by atoms with Gasteiger partial charge in [0.25, 0.3) is 5.56 Å². The van der Waals surface area contributed by atoms with Gasteiger partial charge in [-0.15, -0.1) is 0 Å². The highest BCUT2D eigenvalue weighted by Crippen LogP contribution is 2.35. The van der Waals surface area contributed by atoms with Crippen LogP contribution in [0.5, 0.6) is 11.5 Å². The first kappa shape index (κ1) is 15.9. The van der Waals surface area contributed by atoms with Gasteiger partial charge < -0.3 is 30.8 Å². The Morgan fingerprint density at radius 1 is 1.17 bits per heavy atom. The Labute approximate surface area is 128 Å². The summed E-state index contributed by atoms with van der Waals surface area (Å²) in [4.78, 5) is 36.7. The minimum atomic E-state index is -1.62. The van der Waals surface area contributed by atoms with E-state index in [2.05, 4.69) is 0 Å². The van der Waals surface area contributed by atoms with Gasteiger partial charge >= 0.3 is 11.9 Å². The zero-order chi connectivity index (χ0) is 17.3. The Hall–Kier alpha value is -3.49. The molecule has 0 aliphatic heterocycles. The van der Waals surface area contributed by atoms with Crippen LogP contribution in [0.25, 0.3) is 11.1 Å². The molecule has 1 aromatic carbocycles. The van der Waals surface area contributed by atoms with Gasteiger partial charge in [0.1, 0.15) is 16.9 Å². The van der Waals surface area contributed by atoms with Gasteiger partial charge in [-0.05, 0) is 17.7 Å². The van der Waals surface area contributed by atoms with Crippen molar-refractivity contribution >= 4 is 17.8 Å². The number of ether oxygens (including phenoxy) is 1. The molecular formula is C14H12N2O7. The number of phenols is 1. The number of aromatic nitrogens is 1. The van der Waals surface area contributed by atoms with Crippen LogP contribution in [0.15, 0.2) is 23.0 Å². The third-order valence-corrected chi connectivity index (χ3v) is 3.14. The summed E-state index contributed by atoms with van der Waals surface area (Å²) >= 11 is 0. The predicted molar refractivity (Wildman–Crippen MR) is 79.0 cm³/mol. The molecule has 0 saturated carbocycles. The Balaban J connectivity index is 2.96. The van der Waals surface area contributed by atoms with Gasteiger partial charge in [-0.3, -0.25) is 4.79 Å². The van der Waals surface area contributed by atoms with E-state index in [1.807, 2.05) is 4.98 Å². The van der Waals surface area contributed by atoms with Crippen LogP contribution in [0.3, 0.4) is 0 Å². The third-order valence-electron chi connectivity index (χ3n) is 3.14. The van der Waals surface area contributed by atoms with Crippen LogP contribution < -0.4 is 16.0 Å². The molecule has 0 bridgehead atoms. The van der Waals surface area contributed by atoms with Gasteiger partial charge in [-0.25, -0.2) is 9.59 Å². The lowest BCUT2D eigenvalue weighted by molar-refractivity contribution is 0.0695. The highest BCUT2D eigenvalue weighted by Gasteiger charge is 2.27. The number of hydrogen-bond acceptors (Lipinski definition) is 6. The number of rotatable bonds is 4. The smallest absolute Gasteiger partial charge is 0.342 e. The lowest BCUT2D eigenvalue weighted by atomic mass is 9.95. The summed E-state index contributed by atoms with van der Waals surface area (Å²) in [7, 11) is 1.27. The quantitative estimate of drug-likeness (QED) is 0.550. The number of carbonyl (C=O) groups is 2. The summed E-state index contributed by atoms with van der Waals surface area (Å²) in [5, 5.41) is 28.2. The molecule has 0 amide bonds. The molecule has 1 aromatic heterocycles. The second-order valence-corrected chi connectivity index (χ2v) is 4.49. The molecule has 0 aliphatic carbocycles. The van der Waals surface area contributed by atoms with E-state index in [4.69, 9.17) is 10.5 Å². The summed E-state index contributed by atoms with van der Waals surface area (Å²) in [5.41, 5.74) is 2.82. The predicted octanol–water partition coefficient (Wildman–Crippen LogP) is 0.735. The molecule has 9 nitrogen and oxygen atoms in total. The van der Waals surface area contributed by atoms with Crippen LogP contribution in [0.2, 0.25) is 0 Å². The Kier molecular flexibility index (Phi) is 3.95. The van der Waals surface area contributed by atoms with Gasteiger partial charge in [0.05, 0.1) is 7.11 Å². The monoisotopic (exact) mass is 320 g/mol.